The van der Waals surface area contributed by atoms with E-state index in [-0.39, 0.29) is 18.5 Å². The average Bonchev–Trinajstić information content (AvgIpc) is 2.59. The molecule has 132 valence electrons. The Morgan fingerprint density at radius 1 is 1.39 bits per heavy atom. The van der Waals surface area contributed by atoms with Crippen molar-refractivity contribution in [3.05, 3.63) is 23.8 Å². The maximum atomic E-state index is 11.5. The molecule has 0 aliphatic carbocycles. The zero-order valence-corrected chi connectivity index (χ0v) is 15.3. The lowest BCUT2D eigenvalue weighted by Crippen LogP contribution is -2.40. The summed E-state index contributed by atoms with van der Waals surface area (Å²) >= 11 is 0. The molecule has 0 N–H and O–H groups in total. The number of methoxy groups -OCH3 is 1. The van der Waals surface area contributed by atoms with Crippen molar-refractivity contribution < 1.29 is 19.3 Å². The molecule has 0 radical (unpaired) electrons. The molecule has 0 saturated heterocycles. The topological polar surface area (TPSA) is 44.8 Å². The van der Waals surface area contributed by atoms with E-state index in [2.05, 4.69) is 45.9 Å². The monoisotopic (exact) mass is 324 g/mol. The first-order chi connectivity index (χ1) is 11.0. The van der Waals surface area contributed by atoms with E-state index in [1.54, 1.807) is 0 Å². The van der Waals surface area contributed by atoms with Gasteiger partial charge in [-0.25, -0.2) is 9.78 Å². The van der Waals surface area contributed by atoms with Crippen LogP contribution in [0.1, 0.15) is 66.2 Å². The number of carbonyl (C=O) groups excluding carboxylic acids is 1. The lowest BCUT2D eigenvalue weighted by molar-refractivity contribution is -0.378. The third kappa shape index (κ3) is 5.78. The molecule has 0 aromatic heterocycles. The molecular weight excluding hydrogens is 292 g/mol. The van der Waals surface area contributed by atoms with E-state index in [9.17, 15) is 4.79 Å². The maximum Gasteiger partial charge on any atom is 0.308 e. The second-order valence-electron chi connectivity index (χ2n) is 6.15. The number of rotatable bonds is 9. The van der Waals surface area contributed by atoms with Gasteiger partial charge in [-0.05, 0) is 49.7 Å². The van der Waals surface area contributed by atoms with Crippen molar-refractivity contribution in [1.82, 2.24) is 0 Å². The lowest BCUT2D eigenvalue weighted by atomic mass is 9.83. The van der Waals surface area contributed by atoms with Crippen LogP contribution in [0.2, 0.25) is 0 Å². The van der Waals surface area contributed by atoms with Gasteiger partial charge >= 0.3 is 5.97 Å². The number of esters is 1. The molecule has 1 rings (SSSR count). The number of carbonyl (C=O) groups is 1. The van der Waals surface area contributed by atoms with Crippen molar-refractivity contribution in [1.29, 1.82) is 0 Å². The van der Waals surface area contributed by atoms with Crippen LogP contribution in [0.15, 0.2) is 23.8 Å². The summed E-state index contributed by atoms with van der Waals surface area (Å²) < 4.78 is 4.74. The van der Waals surface area contributed by atoms with Crippen LogP contribution in [0, 0.1) is 5.92 Å². The van der Waals surface area contributed by atoms with E-state index in [1.165, 1.54) is 7.11 Å². The molecule has 3 atom stereocenters. The Labute approximate surface area is 140 Å². The molecule has 0 fully saturated rings. The molecule has 0 saturated carbocycles. The van der Waals surface area contributed by atoms with Crippen LogP contribution in [-0.4, -0.2) is 24.8 Å². The zero-order valence-electron chi connectivity index (χ0n) is 15.3. The van der Waals surface area contributed by atoms with Crippen molar-refractivity contribution in [3.8, 4) is 0 Å². The van der Waals surface area contributed by atoms with Crippen LogP contribution >= 0.6 is 0 Å². The van der Waals surface area contributed by atoms with Crippen molar-refractivity contribution in [2.75, 3.05) is 7.11 Å². The highest BCUT2D eigenvalue weighted by atomic mass is 17.2. The van der Waals surface area contributed by atoms with Gasteiger partial charge in [0.25, 0.3) is 0 Å². The zero-order chi connectivity index (χ0) is 17.3. The van der Waals surface area contributed by atoms with E-state index < -0.39 is 5.60 Å². The fourth-order valence-corrected chi connectivity index (χ4v) is 2.92. The molecule has 0 amide bonds. The lowest BCUT2D eigenvalue weighted by Gasteiger charge is -2.38. The second kappa shape index (κ2) is 9.89. The third-order valence-corrected chi connectivity index (χ3v) is 4.55. The van der Waals surface area contributed by atoms with Crippen LogP contribution in [0.5, 0.6) is 0 Å². The minimum Gasteiger partial charge on any atom is -0.469 e. The van der Waals surface area contributed by atoms with E-state index in [1.807, 2.05) is 0 Å². The molecule has 0 spiro atoms. The predicted molar refractivity (Wildman–Crippen MR) is 91.8 cm³/mol. The van der Waals surface area contributed by atoms with Gasteiger partial charge in [-0.3, -0.25) is 4.79 Å². The number of allylic oxidation sites excluding steroid dienone is 2. The molecular formula is C19H32O4. The summed E-state index contributed by atoms with van der Waals surface area (Å²) in [5, 5.41) is 0. The minimum atomic E-state index is -0.406. The predicted octanol–water partition coefficient (Wildman–Crippen LogP) is 4.75. The SMILES string of the molecule is CC/C=C/[C@H](CC)C[C@@]1(CC)C=C(CC)[C@@H](CC(=O)OC)OO1. The van der Waals surface area contributed by atoms with Gasteiger partial charge in [0.15, 0.2) is 0 Å². The first-order valence-corrected chi connectivity index (χ1v) is 8.83. The summed E-state index contributed by atoms with van der Waals surface area (Å²) in [6.45, 7) is 8.54. The maximum absolute atomic E-state index is 11.5. The normalized spacial score (nSPS) is 26.1. The van der Waals surface area contributed by atoms with Gasteiger partial charge in [-0.15, -0.1) is 0 Å². The Hall–Kier alpha value is -1.13. The summed E-state index contributed by atoms with van der Waals surface area (Å²) in [5.74, 6) is 0.185. The molecule has 23 heavy (non-hydrogen) atoms. The van der Waals surface area contributed by atoms with Gasteiger partial charge < -0.3 is 4.74 Å². The molecule has 1 aliphatic rings. The number of ether oxygens (including phenoxy) is 1. The minimum absolute atomic E-state index is 0.197. The fourth-order valence-electron chi connectivity index (χ4n) is 2.92. The van der Waals surface area contributed by atoms with Crippen molar-refractivity contribution in [2.45, 2.75) is 77.9 Å². The van der Waals surface area contributed by atoms with Crippen LogP contribution in [0.25, 0.3) is 0 Å². The van der Waals surface area contributed by atoms with Crippen LogP contribution in [-0.2, 0) is 19.3 Å². The Bertz CT molecular complexity index is 427. The van der Waals surface area contributed by atoms with Gasteiger partial charge in [-0.1, -0.05) is 39.8 Å². The Balaban J connectivity index is 2.92. The fraction of sp³-hybridized carbons (Fsp3) is 0.737. The molecule has 1 aliphatic heterocycles. The standard InChI is InChI=1S/C19H32O4/c1-6-10-11-15(7-2)13-19(9-4)14-16(8-3)17(22-23-19)12-18(20)21-5/h10-11,14-15,17H,6-9,12-13H2,1-5H3/b11-10+/t15-,17+,19-/m0/s1. The summed E-state index contributed by atoms with van der Waals surface area (Å²) in [6, 6.07) is 0. The van der Waals surface area contributed by atoms with Crippen molar-refractivity contribution >= 4 is 5.97 Å². The van der Waals surface area contributed by atoms with E-state index >= 15 is 0 Å². The molecule has 0 bridgehead atoms. The van der Waals surface area contributed by atoms with Gasteiger partial charge in [0.1, 0.15) is 11.7 Å². The summed E-state index contributed by atoms with van der Waals surface area (Å²) in [5.41, 5.74) is 0.717. The number of hydrogen-bond donors (Lipinski definition) is 0. The molecule has 0 unspecified atom stereocenters. The number of hydrogen-bond acceptors (Lipinski definition) is 4. The van der Waals surface area contributed by atoms with E-state index in [0.29, 0.717) is 5.92 Å². The molecule has 4 heteroatoms. The summed E-state index contributed by atoms with van der Waals surface area (Å²) in [6.07, 6.45) is 11.2. The highest BCUT2D eigenvalue weighted by molar-refractivity contribution is 5.70. The Morgan fingerprint density at radius 2 is 2.13 bits per heavy atom. The van der Waals surface area contributed by atoms with Gasteiger partial charge in [-0.2, -0.15) is 0 Å². The van der Waals surface area contributed by atoms with Gasteiger partial charge in [0.2, 0.25) is 0 Å². The average molecular weight is 324 g/mol. The van der Waals surface area contributed by atoms with Gasteiger partial charge in [0, 0.05) is 0 Å². The van der Waals surface area contributed by atoms with Crippen molar-refractivity contribution in [2.24, 2.45) is 5.92 Å². The van der Waals surface area contributed by atoms with Gasteiger partial charge in [0.05, 0.1) is 13.5 Å². The molecule has 4 nitrogen and oxygen atoms in total. The highest BCUT2D eigenvalue weighted by Crippen LogP contribution is 2.36. The van der Waals surface area contributed by atoms with E-state index in [0.717, 1.165) is 37.7 Å². The van der Waals surface area contributed by atoms with Crippen LogP contribution in [0.4, 0.5) is 0 Å². The highest BCUT2D eigenvalue weighted by Gasteiger charge is 2.37. The first-order valence-electron chi connectivity index (χ1n) is 8.83. The first kappa shape index (κ1) is 19.9. The Morgan fingerprint density at radius 3 is 2.65 bits per heavy atom. The Kier molecular flexibility index (Phi) is 8.56. The largest absolute Gasteiger partial charge is 0.469 e. The quantitative estimate of drug-likeness (QED) is 0.349. The van der Waals surface area contributed by atoms with E-state index in [4.69, 9.17) is 14.5 Å². The molecule has 1 heterocycles. The second-order valence-corrected chi connectivity index (χ2v) is 6.15. The smallest absolute Gasteiger partial charge is 0.308 e. The third-order valence-electron chi connectivity index (χ3n) is 4.55. The van der Waals surface area contributed by atoms with Crippen LogP contribution in [0.3, 0.4) is 0 Å². The summed E-state index contributed by atoms with van der Waals surface area (Å²) in [4.78, 5) is 22.9. The summed E-state index contributed by atoms with van der Waals surface area (Å²) in [7, 11) is 1.39. The van der Waals surface area contributed by atoms with Crippen molar-refractivity contribution in [3.63, 3.8) is 0 Å². The molecule has 0 aromatic carbocycles. The molecule has 0 aromatic rings. The van der Waals surface area contributed by atoms with Crippen LogP contribution < -0.4 is 0 Å².